The van der Waals surface area contributed by atoms with Gasteiger partial charge in [0, 0.05) is 55.5 Å². The maximum atomic E-state index is 5.28. The summed E-state index contributed by atoms with van der Waals surface area (Å²) in [4.78, 5) is 13.0. The molecule has 0 radical (unpaired) electrons. The van der Waals surface area contributed by atoms with Crippen LogP contribution in [0.3, 0.4) is 0 Å². The summed E-state index contributed by atoms with van der Waals surface area (Å²) in [6.07, 6.45) is 5.39. The van der Waals surface area contributed by atoms with Crippen molar-refractivity contribution in [2.45, 2.75) is 20.8 Å². The maximum absolute atomic E-state index is 5.28. The number of ether oxygens (including phenoxy) is 3. The number of aromatic nitrogens is 6. The number of hydrogen-bond acceptors (Lipinski definition) is 6. The van der Waals surface area contributed by atoms with Crippen LogP contribution in [0.25, 0.3) is 33.8 Å². The van der Waals surface area contributed by atoms with Crippen LogP contribution in [0.5, 0.6) is 17.2 Å². The van der Waals surface area contributed by atoms with E-state index in [1.54, 1.807) is 40.3 Å². The van der Waals surface area contributed by atoms with Gasteiger partial charge in [0.1, 0.15) is 0 Å². The fourth-order valence-corrected chi connectivity index (χ4v) is 4.54. The number of aryl methyl sites for hydroxylation is 3. The topological polar surface area (TPSA) is 81.2 Å². The number of methoxy groups -OCH3 is 3. The van der Waals surface area contributed by atoms with Gasteiger partial charge in [-0.15, -0.1) is 72.8 Å². The predicted molar refractivity (Wildman–Crippen MR) is 176 cm³/mol. The quantitative estimate of drug-likeness (QED) is 0.177. The molecule has 0 unspecified atom stereocenters. The van der Waals surface area contributed by atoms with Crippen molar-refractivity contribution >= 4 is 0 Å². The van der Waals surface area contributed by atoms with Crippen molar-refractivity contribution in [1.29, 1.82) is 0 Å². The molecule has 6 aromatic rings. The molecular weight excluding hydrogens is 757 g/mol. The Morgan fingerprint density at radius 1 is 0.500 bits per heavy atom. The van der Waals surface area contributed by atoms with Gasteiger partial charge in [-0.25, -0.2) is 0 Å². The molecule has 0 saturated carbocycles. The summed E-state index contributed by atoms with van der Waals surface area (Å²) in [5.41, 5.74) is 8.84. The van der Waals surface area contributed by atoms with E-state index in [9.17, 15) is 0 Å². The minimum Gasteiger partial charge on any atom is -0.540 e. The van der Waals surface area contributed by atoms with E-state index in [1.807, 2.05) is 110 Å². The molecule has 3 aromatic carbocycles. The molecule has 0 saturated heterocycles. The minimum atomic E-state index is 0. The van der Waals surface area contributed by atoms with E-state index < -0.39 is 0 Å². The van der Waals surface area contributed by atoms with Crippen molar-refractivity contribution in [2.24, 2.45) is 21.1 Å². The minimum absolute atomic E-state index is 0. The molecule has 9 nitrogen and oxygen atoms in total. The van der Waals surface area contributed by atoms with Crippen LogP contribution in [0.1, 0.15) is 17.1 Å². The zero-order valence-electron chi connectivity index (χ0n) is 27.7. The molecule has 0 spiro atoms. The second kappa shape index (κ2) is 16.6. The molecule has 3 heterocycles. The van der Waals surface area contributed by atoms with Crippen molar-refractivity contribution in [3.63, 3.8) is 0 Å². The van der Waals surface area contributed by atoms with Crippen LogP contribution in [0, 0.1) is 39.0 Å². The summed E-state index contributed by atoms with van der Waals surface area (Å²) in [6.45, 7) is 6.09. The van der Waals surface area contributed by atoms with E-state index in [2.05, 4.69) is 33.2 Å². The summed E-state index contributed by atoms with van der Waals surface area (Å²) in [5.74, 6) is 2.41. The van der Waals surface area contributed by atoms with Crippen molar-refractivity contribution < 1.29 is 34.3 Å². The summed E-state index contributed by atoms with van der Waals surface area (Å²) in [7, 11) is 10.9. The largest absolute Gasteiger partial charge is 3.00 e. The van der Waals surface area contributed by atoms with Crippen LogP contribution < -0.4 is 14.2 Å². The predicted octanol–water partition coefficient (Wildman–Crippen LogP) is 6.61. The fourth-order valence-electron chi connectivity index (χ4n) is 4.54. The first-order chi connectivity index (χ1) is 21.7. The molecule has 3 aromatic heterocycles. The van der Waals surface area contributed by atoms with Crippen molar-refractivity contribution in [3.05, 3.63) is 109 Å². The van der Waals surface area contributed by atoms with Gasteiger partial charge in [0.05, 0.1) is 40.3 Å². The Balaban J connectivity index is 0.000000186. The number of hydrogen-bond donors (Lipinski definition) is 0. The Kier molecular flexibility index (Phi) is 12.9. The van der Waals surface area contributed by atoms with E-state index in [-0.39, 0.29) is 20.1 Å². The van der Waals surface area contributed by atoms with E-state index >= 15 is 0 Å². The van der Waals surface area contributed by atoms with Crippen LogP contribution in [0.4, 0.5) is 0 Å². The van der Waals surface area contributed by atoms with Crippen LogP contribution in [-0.4, -0.2) is 50.0 Å². The first kappa shape index (κ1) is 35.8. The first-order valence-electron chi connectivity index (χ1n) is 14.3. The maximum Gasteiger partial charge on any atom is 3.00 e. The Morgan fingerprint density at radius 3 is 0.957 bits per heavy atom. The van der Waals surface area contributed by atoms with Gasteiger partial charge < -0.3 is 27.9 Å². The van der Waals surface area contributed by atoms with E-state index in [0.717, 1.165) is 68.1 Å². The van der Waals surface area contributed by atoms with Gasteiger partial charge in [0.15, 0.2) is 0 Å². The van der Waals surface area contributed by atoms with Crippen molar-refractivity contribution in [1.82, 2.24) is 28.7 Å². The summed E-state index contributed by atoms with van der Waals surface area (Å²) < 4.78 is 21.8. The molecule has 0 N–H and O–H groups in total. The smallest absolute Gasteiger partial charge is 0.540 e. The van der Waals surface area contributed by atoms with Crippen molar-refractivity contribution in [3.8, 4) is 51.0 Å². The SMILES string of the molecule is COc1ccc[c-]c1-c1ncn(C)c1C.COc1ccc[c-]c1-c1ncn(C)c1C.COc1ccc[c-]c1-c1ncn(C)c1C.[Ir+3]. The third kappa shape index (κ3) is 7.94. The number of imidazole rings is 3. The molecule has 0 aliphatic rings. The number of nitrogens with zero attached hydrogens (tertiary/aromatic N) is 6. The molecule has 0 atom stereocenters. The first-order valence-corrected chi connectivity index (χ1v) is 14.3. The van der Waals surface area contributed by atoms with E-state index in [0.29, 0.717) is 0 Å². The normalized spacial score (nSPS) is 10.1. The van der Waals surface area contributed by atoms with E-state index in [4.69, 9.17) is 14.2 Å². The molecule has 0 bridgehead atoms. The molecule has 0 amide bonds. The molecule has 0 aliphatic heterocycles. The van der Waals surface area contributed by atoms with Gasteiger partial charge in [-0.05, 0) is 37.9 Å². The Hall–Kier alpha value is -4.66. The van der Waals surface area contributed by atoms with Gasteiger partial charge in [-0.3, -0.25) is 15.0 Å². The van der Waals surface area contributed by atoms with Gasteiger partial charge >= 0.3 is 20.1 Å². The molecule has 0 aliphatic carbocycles. The average molecular weight is 796 g/mol. The van der Waals surface area contributed by atoms with E-state index in [1.165, 1.54) is 0 Å². The number of rotatable bonds is 6. The van der Waals surface area contributed by atoms with Gasteiger partial charge in [0.2, 0.25) is 0 Å². The number of benzene rings is 3. The summed E-state index contributed by atoms with van der Waals surface area (Å²) in [5, 5.41) is 0. The Labute approximate surface area is 285 Å². The molecule has 240 valence electrons. The standard InChI is InChI=1S/3C12H13N2O.Ir/c3*1-9-12(13-8-14(9)2)10-6-4-5-7-11(10)15-3;/h3*4-5,7-8H,1-3H3;/q3*-1;+3. The summed E-state index contributed by atoms with van der Waals surface area (Å²) in [6, 6.07) is 26.5. The van der Waals surface area contributed by atoms with Crippen LogP contribution in [0.15, 0.2) is 73.6 Å². The molecule has 10 heteroatoms. The van der Waals surface area contributed by atoms with Crippen molar-refractivity contribution in [2.75, 3.05) is 21.3 Å². The van der Waals surface area contributed by atoms with Gasteiger partial charge in [-0.2, -0.15) is 0 Å². The molecule has 0 fully saturated rings. The summed E-state index contributed by atoms with van der Waals surface area (Å²) >= 11 is 0. The fraction of sp³-hybridized carbons (Fsp3) is 0.250. The molecular formula is C36H39IrN6O3. The third-order valence-corrected chi connectivity index (χ3v) is 7.52. The zero-order valence-corrected chi connectivity index (χ0v) is 30.1. The second-order valence-electron chi connectivity index (χ2n) is 10.2. The molecule has 46 heavy (non-hydrogen) atoms. The Bertz CT molecular complexity index is 1640. The Morgan fingerprint density at radius 2 is 0.761 bits per heavy atom. The zero-order chi connectivity index (χ0) is 32.5. The monoisotopic (exact) mass is 796 g/mol. The molecule has 6 rings (SSSR count). The second-order valence-corrected chi connectivity index (χ2v) is 10.2. The van der Waals surface area contributed by atoms with Crippen LogP contribution in [0.2, 0.25) is 0 Å². The third-order valence-electron chi connectivity index (χ3n) is 7.52. The van der Waals surface area contributed by atoms with Gasteiger partial charge in [0.25, 0.3) is 0 Å². The van der Waals surface area contributed by atoms with Crippen LogP contribution >= 0.6 is 0 Å². The van der Waals surface area contributed by atoms with Crippen LogP contribution in [-0.2, 0) is 41.2 Å². The average Bonchev–Trinajstić information content (AvgIpc) is 3.72. The van der Waals surface area contributed by atoms with Gasteiger partial charge in [-0.1, -0.05) is 16.7 Å².